The number of rotatable bonds is 7. The first-order valence-electron chi connectivity index (χ1n) is 6.26. The molecule has 0 radical (unpaired) electrons. The Hall–Kier alpha value is -1.80. The van der Waals surface area contributed by atoms with E-state index in [1.54, 1.807) is 18.2 Å². The number of nitrogens with two attached hydrogens (primary N) is 1. The lowest BCUT2D eigenvalue weighted by molar-refractivity contribution is 0.161. The largest absolute Gasteiger partial charge is 0.448 e. The average Bonchev–Trinajstić information content (AvgIpc) is 3.18. The fourth-order valence-electron chi connectivity index (χ4n) is 1.67. The van der Waals surface area contributed by atoms with Gasteiger partial charge in [0.05, 0.1) is 5.69 Å². The second-order valence-corrected chi connectivity index (χ2v) is 6.17. The van der Waals surface area contributed by atoms with E-state index >= 15 is 0 Å². The molecule has 0 spiro atoms. The van der Waals surface area contributed by atoms with Gasteiger partial charge >= 0.3 is 6.09 Å². The van der Waals surface area contributed by atoms with Gasteiger partial charge in [-0.05, 0) is 25.0 Å². The standard InChI is InChI=1S/C12H17N3O4S/c13-12(16)19-8-7-14-10-3-1-2-4-11(10)20(17,18)15-9-5-6-9/h1-4,9,14-15H,5-8H2,(H2,13,16). The van der Waals surface area contributed by atoms with Crippen LogP contribution in [0.15, 0.2) is 29.2 Å². The first kappa shape index (κ1) is 14.6. The summed E-state index contributed by atoms with van der Waals surface area (Å²) in [6.07, 6.45) is 0.894. The molecule has 1 fully saturated rings. The molecule has 4 N–H and O–H groups in total. The highest BCUT2D eigenvalue weighted by molar-refractivity contribution is 7.89. The van der Waals surface area contributed by atoms with Crippen molar-refractivity contribution in [2.75, 3.05) is 18.5 Å². The Bertz CT molecular complexity index is 584. The van der Waals surface area contributed by atoms with Crippen LogP contribution in [0.25, 0.3) is 0 Å². The van der Waals surface area contributed by atoms with Crippen LogP contribution >= 0.6 is 0 Å². The van der Waals surface area contributed by atoms with Crippen LogP contribution in [0.4, 0.5) is 10.5 Å². The Labute approximate surface area is 117 Å². The minimum Gasteiger partial charge on any atom is -0.448 e. The topological polar surface area (TPSA) is 111 Å². The Morgan fingerprint density at radius 3 is 2.70 bits per heavy atom. The molecule has 20 heavy (non-hydrogen) atoms. The number of nitrogens with one attached hydrogen (secondary N) is 2. The van der Waals surface area contributed by atoms with Gasteiger partial charge in [-0.15, -0.1) is 0 Å². The normalized spacial score (nSPS) is 14.8. The van der Waals surface area contributed by atoms with Gasteiger partial charge in [0.1, 0.15) is 11.5 Å². The highest BCUT2D eigenvalue weighted by Gasteiger charge is 2.29. The van der Waals surface area contributed by atoms with Crippen molar-refractivity contribution in [2.45, 2.75) is 23.8 Å². The van der Waals surface area contributed by atoms with Crippen molar-refractivity contribution >= 4 is 21.8 Å². The summed E-state index contributed by atoms with van der Waals surface area (Å²) in [4.78, 5) is 10.6. The molecule has 0 heterocycles. The summed E-state index contributed by atoms with van der Waals surface area (Å²) in [7, 11) is -3.53. The minimum absolute atomic E-state index is 0.0475. The zero-order chi connectivity index (χ0) is 14.6. The molecular formula is C12H17N3O4S. The third-order valence-electron chi connectivity index (χ3n) is 2.74. The molecule has 7 nitrogen and oxygen atoms in total. The second-order valence-electron chi connectivity index (χ2n) is 4.49. The van der Waals surface area contributed by atoms with E-state index < -0.39 is 16.1 Å². The van der Waals surface area contributed by atoms with Crippen molar-refractivity contribution in [1.82, 2.24) is 4.72 Å². The van der Waals surface area contributed by atoms with Gasteiger partial charge in [0, 0.05) is 12.6 Å². The summed E-state index contributed by atoms with van der Waals surface area (Å²) in [5.41, 5.74) is 5.30. The fourth-order valence-corrected chi connectivity index (χ4v) is 3.16. The molecule has 8 heteroatoms. The molecule has 0 saturated heterocycles. The summed E-state index contributed by atoms with van der Waals surface area (Å²) in [6, 6.07) is 6.62. The Kier molecular flexibility index (Phi) is 4.46. The quantitative estimate of drug-likeness (QED) is 0.640. The number of hydrogen-bond donors (Lipinski definition) is 3. The fraction of sp³-hybridized carbons (Fsp3) is 0.417. The van der Waals surface area contributed by atoms with E-state index in [-0.39, 0.29) is 24.1 Å². The monoisotopic (exact) mass is 299 g/mol. The molecule has 1 saturated carbocycles. The van der Waals surface area contributed by atoms with Gasteiger partial charge in [-0.25, -0.2) is 17.9 Å². The lowest BCUT2D eigenvalue weighted by atomic mass is 10.3. The van der Waals surface area contributed by atoms with Gasteiger partial charge in [-0.1, -0.05) is 12.1 Å². The Morgan fingerprint density at radius 1 is 1.35 bits per heavy atom. The number of carbonyl (C=O) groups is 1. The third-order valence-corrected chi connectivity index (χ3v) is 4.32. The first-order chi connectivity index (χ1) is 9.49. The highest BCUT2D eigenvalue weighted by Crippen LogP contribution is 2.25. The number of carbonyl (C=O) groups excluding carboxylic acids is 1. The number of anilines is 1. The lowest BCUT2D eigenvalue weighted by Crippen LogP contribution is -2.27. The molecule has 2 rings (SSSR count). The van der Waals surface area contributed by atoms with Gasteiger partial charge in [0.25, 0.3) is 0 Å². The number of benzene rings is 1. The first-order valence-corrected chi connectivity index (χ1v) is 7.75. The summed E-state index contributed by atoms with van der Waals surface area (Å²) < 4.78 is 31.6. The minimum atomic E-state index is -3.53. The van der Waals surface area contributed by atoms with E-state index in [1.807, 2.05) is 0 Å². The highest BCUT2D eigenvalue weighted by atomic mass is 32.2. The predicted octanol–water partition coefficient (Wildman–Crippen LogP) is 0.634. The molecule has 0 atom stereocenters. The van der Waals surface area contributed by atoms with Gasteiger partial charge in [0.2, 0.25) is 10.0 Å². The van der Waals surface area contributed by atoms with E-state index in [0.29, 0.717) is 5.69 Å². The SMILES string of the molecule is NC(=O)OCCNc1ccccc1S(=O)(=O)NC1CC1. The number of ether oxygens (including phenoxy) is 1. The van der Waals surface area contributed by atoms with Crippen LogP contribution in [0, 0.1) is 0 Å². The number of sulfonamides is 1. The van der Waals surface area contributed by atoms with Crippen LogP contribution < -0.4 is 15.8 Å². The molecule has 1 aromatic rings. The van der Waals surface area contributed by atoms with E-state index in [2.05, 4.69) is 14.8 Å². The van der Waals surface area contributed by atoms with E-state index in [9.17, 15) is 13.2 Å². The molecule has 110 valence electrons. The van der Waals surface area contributed by atoms with Gasteiger partial charge in [0.15, 0.2) is 0 Å². The van der Waals surface area contributed by atoms with Crippen LogP contribution in [0.3, 0.4) is 0 Å². The molecule has 0 aliphatic heterocycles. The second kappa shape index (κ2) is 6.10. The Balaban J connectivity index is 2.03. The van der Waals surface area contributed by atoms with Crippen molar-refractivity contribution in [2.24, 2.45) is 5.73 Å². The van der Waals surface area contributed by atoms with Crippen molar-refractivity contribution in [1.29, 1.82) is 0 Å². The summed E-state index contributed by atoms with van der Waals surface area (Å²) in [6.45, 7) is 0.346. The van der Waals surface area contributed by atoms with Crippen molar-refractivity contribution < 1.29 is 17.9 Å². The zero-order valence-electron chi connectivity index (χ0n) is 10.8. The summed E-state index contributed by atoms with van der Waals surface area (Å²) >= 11 is 0. The molecule has 1 amide bonds. The van der Waals surface area contributed by atoms with E-state index in [4.69, 9.17) is 5.73 Å². The van der Waals surface area contributed by atoms with E-state index in [1.165, 1.54) is 6.07 Å². The Morgan fingerprint density at radius 2 is 2.05 bits per heavy atom. The molecule has 0 bridgehead atoms. The average molecular weight is 299 g/mol. The molecule has 1 aliphatic rings. The molecular weight excluding hydrogens is 282 g/mol. The summed E-state index contributed by atoms with van der Waals surface area (Å²) in [5, 5.41) is 2.92. The van der Waals surface area contributed by atoms with Crippen LogP contribution in [0.1, 0.15) is 12.8 Å². The zero-order valence-corrected chi connectivity index (χ0v) is 11.7. The van der Waals surface area contributed by atoms with Crippen LogP contribution in [-0.2, 0) is 14.8 Å². The predicted molar refractivity (Wildman–Crippen MR) is 73.8 cm³/mol. The maximum atomic E-state index is 12.2. The number of para-hydroxylation sites is 1. The van der Waals surface area contributed by atoms with E-state index in [0.717, 1.165) is 12.8 Å². The third kappa shape index (κ3) is 4.10. The van der Waals surface area contributed by atoms with Crippen LogP contribution in [0.2, 0.25) is 0 Å². The van der Waals surface area contributed by atoms with Crippen molar-refractivity contribution in [3.63, 3.8) is 0 Å². The maximum absolute atomic E-state index is 12.2. The molecule has 1 aromatic carbocycles. The van der Waals surface area contributed by atoms with Gasteiger partial charge in [-0.3, -0.25) is 0 Å². The van der Waals surface area contributed by atoms with Gasteiger partial charge in [-0.2, -0.15) is 0 Å². The molecule has 0 aromatic heterocycles. The molecule has 0 unspecified atom stereocenters. The van der Waals surface area contributed by atoms with Crippen molar-refractivity contribution in [3.8, 4) is 0 Å². The van der Waals surface area contributed by atoms with Crippen LogP contribution in [-0.4, -0.2) is 33.7 Å². The maximum Gasteiger partial charge on any atom is 0.404 e. The van der Waals surface area contributed by atoms with Crippen molar-refractivity contribution in [3.05, 3.63) is 24.3 Å². The lowest BCUT2D eigenvalue weighted by Gasteiger charge is -2.12. The number of amides is 1. The number of hydrogen-bond acceptors (Lipinski definition) is 5. The summed E-state index contributed by atoms with van der Waals surface area (Å²) in [5.74, 6) is 0. The van der Waals surface area contributed by atoms with Gasteiger partial charge < -0.3 is 15.8 Å². The smallest absolute Gasteiger partial charge is 0.404 e. The van der Waals surface area contributed by atoms with Crippen LogP contribution in [0.5, 0.6) is 0 Å². The molecule has 1 aliphatic carbocycles. The number of primary amides is 1.